The van der Waals surface area contributed by atoms with Crippen molar-refractivity contribution >= 4 is 51.8 Å². The van der Waals surface area contributed by atoms with E-state index < -0.39 is 0 Å². The molecule has 2 N–H and O–H groups in total. The van der Waals surface area contributed by atoms with Gasteiger partial charge in [0.05, 0.1) is 21.7 Å². The van der Waals surface area contributed by atoms with Crippen LogP contribution in [0, 0.1) is 11.3 Å². The second kappa shape index (κ2) is 19.4. The molecule has 2 amide bonds. The van der Waals surface area contributed by atoms with Crippen LogP contribution < -0.4 is 5.32 Å². The lowest BCUT2D eigenvalue weighted by Crippen LogP contribution is -2.48. The van der Waals surface area contributed by atoms with Crippen LogP contribution in [0.5, 0.6) is 0 Å². The van der Waals surface area contributed by atoms with Gasteiger partial charge in [0.1, 0.15) is 0 Å². The van der Waals surface area contributed by atoms with E-state index in [9.17, 15) is 9.59 Å². The number of carbonyl (C=O) groups excluding carboxylic acids is 2. The molecule has 0 radical (unpaired) electrons. The lowest BCUT2D eigenvalue weighted by atomic mass is 9.77. The summed E-state index contributed by atoms with van der Waals surface area (Å²) in [6.45, 7) is 6.40. The number of aromatic nitrogens is 4. The van der Waals surface area contributed by atoms with Crippen molar-refractivity contribution in [3.63, 3.8) is 0 Å². The van der Waals surface area contributed by atoms with Crippen LogP contribution in [-0.2, 0) is 20.7 Å². The smallest absolute Gasteiger partial charge is 0.231 e. The molecule has 2 aromatic heterocycles. The number of amides is 2. The Balaban J connectivity index is 0.000000225. The third-order valence-electron chi connectivity index (χ3n) is 10.0. The predicted molar refractivity (Wildman–Crippen MR) is 212 cm³/mol. The molecular weight excluding hydrogens is 673 g/mol. The number of carbonyl (C=O) groups is 2. The zero-order chi connectivity index (χ0) is 36.8. The SMILES string of the molecule is CCC1(C(=O)Nc2ccc3[nH]nc(-c4ccc(CCCOC)cc4)c3c2)CCCN(C)C1.CSC(=N/C=C/c1ncccn1)C1CCN(C=O)CC1. The summed E-state index contributed by atoms with van der Waals surface area (Å²) in [5.74, 6) is 1.23. The van der Waals surface area contributed by atoms with Gasteiger partial charge < -0.3 is 19.9 Å². The summed E-state index contributed by atoms with van der Waals surface area (Å²) >= 11 is 1.67. The van der Waals surface area contributed by atoms with Gasteiger partial charge in [-0.25, -0.2) is 9.97 Å². The van der Waals surface area contributed by atoms with Gasteiger partial charge in [-0.2, -0.15) is 5.10 Å². The van der Waals surface area contributed by atoms with E-state index in [0.717, 1.165) is 117 Å². The molecule has 12 heteroatoms. The number of H-pyrrole nitrogens is 1. The Morgan fingerprint density at radius 1 is 1.13 bits per heavy atom. The lowest BCUT2D eigenvalue weighted by molar-refractivity contribution is -0.128. The molecule has 4 aromatic rings. The highest BCUT2D eigenvalue weighted by Gasteiger charge is 2.39. The molecular formula is C40H52N8O3S. The number of benzene rings is 2. The van der Waals surface area contributed by atoms with E-state index in [0.29, 0.717) is 11.7 Å². The van der Waals surface area contributed by atoms with Gasteiger partial charge in [-0.05, 0) is 94.6 Å². The molecule has 0 saturated carbocycles. The maximum atomic E-state index is 13.3. The Morgan fingerprint density at radius 2 is 1.90 bits per heavy atom. The number of aryl methyl sites for hydroxylation is 1. The number of aromatic amines is 1. The maximum Gasteiger partial charge on any atom is 0.231 e. The fraction of sp³-hybridized carbons (Fsp3) is 0.450. The molecule has 0 bridgehead atoms. The number of piperidine rings is 2. The van der Waals surface area contributed by atoms with Crippen molar-refractivity contribution in [1.29, 1.82) is 0 Å². The Bertz CT molecular complexity index is 1790. The molecule has 1 atom stereocenters. The summed E-state index contributed by atoms with van der Waals surface area (Å²) < 4.78 is 5.14. The Labute approximate surface area is 311 Å². The van der Waals surface area contributed by atoms with E-state index in [2.05, 4.69) is 73.6 Å². The highest BCUT2D eigenvalue weighted by molar-refractivity contribution is 8.13. The van der Waals surface area contributed by atoms with Gasteiger partial charge in [-0.1, -0.05) is 31.2 Å². The van der Waals surface area contributed by atoms with Crippen LogP contribution in [0.1, 0.15) is 56.8 Å². The molecule has 276 valence electrons. The van der Waals surface area contributed by atoms with Gasteiger partial charge in [-0.15, -0.1) is 11.8 Å². The molecule has 52 heavy (non-hydrogen) atoms. The van der Waals surface area contributed by atoms with Gasteiger partial charge in [0.25, 0.3) is 0 Å². The van der Waals surface area contributed by atoms with Crippen LogP contribution in [0.3, 0.4) is 0 Å². The number of anilines is 1. The van der Waals surface area contributed by atoms with Crippen LogP contribution in [0.15, 0.2) is 72.1 Å². The molecule has 2 aliphatic heterocycles. The minimum Gasteiger partial charge on any atom is -0.385 e. The Morgan fingerprint density at radius 3 is 2.58 bits per heavy atom. The lowest BCUT2D eigenvalue weighted by Gasteiger charge is -2.39. The molecule has 2 saturated heterocycles. The first-order valence-corrected chi connectivity index (χ1v) is 19.4. The van der Waals surface area contributed by atoms with Crippen LogP contribution in [-0.4, -0.2) is 101 Å². The largest absolute Gasteiger partial charge is 0.385 e. The minimum atomic E-state index is -0.320. The summed E-state index contributed by atoms with van der Waals surface area (Å²) in [6.07, 6.45) is 16.8. The van der Waals surface area contributed by atoms with Crippen molar-refractivity contribution in [3.05, 3.63) is 78.5 Å². The van der Waals surface area contributed by atoms with Gasteiger partial charge in [0, 0.05) is 80.6 Å². The number of nitrogens with zero attached hydrogens (tertiary/aromatic N) is 6. The standard InChI is InChI=1S/C26H34N4O2.C14H18N4OS/c1-4-26(14-6-15-30(2)18-26)25(31)27-21-12-13-23-22(17-21)24(29-28-23)20-10-8-19(9-11-20)7-5-16-32-3;1-20-14(12-4-9-18(11-19)10-5-12)17-8-3-13-15-6-2-7-16-13/h8-13,17H,4-7,14-16,18H2,1-3H3,(H,27,31)(H,28,29);2-3,6-8,11-12H,4-5,9-10H2,1H3/b;8-3+,17-14?. The fourth-order valence-electron chi connectivity index (χ4n) is 6.97. The molecule has 1 unspecified atom stereocenters. The number of hydrogen-bond donors (Lipinski definition) is 2. The van der Waals surface area contributed by atoms with Gasteiger partial charge in [0.2, 0.25) is 12.3 Å². The van der Waals surface area contributed by atoms with Crippen molar-refractivity contribution in [2.75, 3.05) is 58.5 Å². The average Bonchev–Trinajstić information content (AvgIpc) is 3.61. The molecule has 2 aliphatic rings. The number of likely N-dealkylation sites (tertiary alicyclic amines) is 2. The van der Waals surface area contributed by atoms with Crippen molar-refractivity contribution in [1.82, 2.24) is 30.0 Å². The van der Waals surface area contributed by atoms with Crippen LogP contribution in [0.2, 0.25) is 0 Å². The first-order chi connectivity index (χ1) is 25.4. The summed E-state index contributed by atoms with van der Waals surface area (Å²) in [5.41, 5.74) is 4.73. The molecule has 4 heterocycles. The van der Waals surface area contributed by atoms with E-state index in [1.54, 1.807) is 49.6 Å². The van der Waals surface area contributed by atoms with Gasteiger partial charge in [-0.3, -0.25) is 19.7 Å². The van der Waals surface area contributed by atoms with Crippen molar-refractivity contribution in [3.8, 4) is 11.3 Å². The number of fused-ring (bicyclic) bond motifs is 1. The topological polar surface area (TPSA) is 129 Å². The van der Waals surface area contributed by atoms with E-state index in [1.807, 2.05) is 29.4 Å². The van der Waals surface area contributed by atoms with Crippen molar-refractivity contribution in [2.24, 2.45) is 16.3 Å². The number of nitrogens with one attached hydrogen (secondary N) is 2. The summed E-state index contributed by atoms with van der Waals surface area (Å²) in [7, 11) is 3.83. The molecule has 2 aromatic carbocycles. The van der Waals surface area contributed by atoms with E-state index in [4.69, 9.17) is 4.74 Å². The normalized spacial score (nSPS) is 18.7. The predicted octanol–water partition coefficient (Wildman–Crippen LogP) is 6.95. The monoisotopic (exact) mass is 724 g/mol. The van der Waals surface area contributed by atoms with E-state index in [1.165, 1.54) is 5.56 Å². The Kier molecular flexibility index (Phi) is 14.5. The molecule has 0 aliphatic carbocycles. The highest BCUT2D eigenvalue weighted by atomic mass is 32.2. The van der Waals surface area contributed by atoms with Crippen molar-refractivity contribution < 1.29 is 14.3 Å². The van der Waals surface area contributed by atoms with Gasteiger partial charge >= 0.3 is 0 Å². The molecule has 0 spiro atoms. The summed E-state index contributed by atoms with van der Waals surface area (Å²) in [5, 5.41) is 13.0. The molecule has 2 fully saturated rings. The summed E-state index contributed by atoms with van der Waals surface area (Å²) in [6, 6.07) is 16.3. The van der Waals surface area contributed by atoms with Crippen LogP contribution >= 0.6 is 11.8 Å². The number of aliphatic imine (C=N–C) groups is 1. The quantitative estimate of drug-likeness (QED) is 0.0696. The second-order valence-electron chi connectivity index (χ2n) is 13.6. The number of thioether (sulfide) groups is 1. The third-order valence-corrected chi connectivity index (χ3v) is 10.9. The number of hydrogen-bond acceptors (Lipinski definition) is 9. The van der Waals surface area contributed by atoms with Crippen LogP contribution in [0.4, 0.5) is 5.69 Å². The number of methoxy groups -OCH3 is 1. The van der Waals surface area contributed by atoms with Gasteiger partial charge in [0.15, 0.2) is 5.82 Å². The zero-order valence-electron chi connectivity index (χ0n) is 30.9. The maximum absolute atomic E-state index is 13.3. The first kappa shape index (κ1) is 38.8. The third kappa shape index (κ3) is 10.4. The molecule has 11 nitrogen and oxygen atoms in total. The van der Waals surface area contributed by atoms with E-state index >= 15 is 0 Å². The molecule has 6 rings (SSSR count). The van der Waals surface area contributed by atoms with Crippen molar-refractivity contribution in [2.45, 2.75) is 51.9 Å². The summed E-state index contributed by atoms with van der Waals surface area (Å²) in [4.78, 5) is 40.8. The van der Waals surface area contributed by atoms with Crippen LogP contribution in [0.25, 0.3) is 28.2 Å². The first-order valence-electron chi connectivity index (χ1n) is 18.2. The fourth-order valence-corrected chi connectivity index (χ4v) is 7.71. The Hall–Kier alpha value is -4.39. The average molecular weight is 725 g/mol. The number of ether oxygens (including phenoxy) is 1. The van der Waals surface area contributed by atoms with E-state index in [-0.39, 0.29) is 11.3 Å². The number of rotatable bonds is 12. The zero-order valence-corrected chi connectivity index (χ0v) is 31.7. The highest BCUT2D eigenvalue weighted by Crippen LogP contribution is 2.35. The minimum absolute atomic E-state index is 0.122. The second-order valence-corrected chi connectivity index (χ2v) is 14.4.